The third-order valence-corrected chi connectivity index (χ3v) is 5.37. The minimum absolute atomic E-state index is 0.384. The Bertz CT molecular complexity index is 1100. The van der Waals surface area contributed by atoms with Crippen LogP contribution >= 0.6 is 0 Å². The van der Waals surface area contributed by atoms with E-state index in [2.05, 4.69) is 21.9 Å². The molecule has 2 aromatic carbocycles. The molecule has 0 spiro atoms. The number of aromatic nitrogens is 2. The molecule has 0 saturated carbocycles. The Hall–Kier alpha value is -3.63. The number of benzene rings is 2. The monoisotopic (exact) mass is 438 g/mol. The predicted molar refractivity (Wildman–Crippen MR) is 120 cm³/mol. The Labute approximate surface area is 186 Å². The van der Waals surface area contributed by atoms with Gasteiger partial charge in [0.25, 0.3) is 0 Å². The summed E-state index contributed by atoms with van der Waals surface area (Å²) in [4.78, 5) is 22.9. The standard InChI is InChI=1S/C22H26N6O4/c1-26-8-10-27(11-9-26)28(22(23)29)15-4-6-16(7-5-15)32-21-17-12-19(30-2)20(31-3)13-18(17)24-14-25-21/h4-7,12-14H,8-11H2,1-3H3,(H2,23,29). The average Bonchev–Trinajstić information content (AvgIpc) is 2.80. The fourth-order valence-corrected chi connectivity index (χ4v) is 3.63. The number of carbonyl (C=O) groups is 1. The number of hydrogen-bond donors (Lipinski definition) is 1. The number of carbonyl (C=O) groups excluding carboxylic acids is 1. The van der Waals surface area contributed by atoms with Crippen molar-refractivity contribution < 1.29 is 19.0 Å². The Kier molecular flexibility index (Phi) is 6.24. The largest absolute Gasteiger partial charge is 0.493 e. The molecule has 1 aromatic heterocycles. The molecule has 1 fully saturated rings. The number of nitrogens with two attached hydrogens (primary N) is 1. The molecule has 1 aliphatic heterocycles. The third kappa shape index (κ3) is 4.36. The molecule has 0 bridgehead atoms. The predicted octanol–water partition coefficient (Wildman–Crippen LogP) is 2.49. The van der Waals surface area contributed by atoms with E-state index in [1.807, 2.05) is 5.01 Å². The van der Waals surface area contributed by atoms with Gasteiger partial charge in [-0.25, -0.2) is 24.8 Å². The van der Waals surface area contributed by atoms with Crippen LogP contribution in [0.5, 0.6) is 23.1 Å². The number of urea groups is 1. The molecule has 168 valence electrons. The minimum atomic E-state index is -0.522. The third-order valence-electron chi connectivity index (χ3n) is 5.37. The van der Waals surface area contributed by atoms with E-state index < -0.39 is 6.03 Å². The van der Waals surface area contributed by atoms with Crippen molar-refractivity contribution in [3.05, 3.63) is 42.7 Å². The topological polar surface area (TPSA) is 106 Å². The van der Waals surface area contributed by atoms with Gasteiger partial charge in [-0.2, -0.15) is 0 Å². The number of amides is 2. The highest BCUT2D eigenvalue weighted by Crippen LogP contribution is 2.36. The number of piperazine rings is 1. The molecule has 2 N–H and O–H groups in total. The Morgan fingerprint density at radius 2 is 1.66 bits per heavy atom. The van der Waals surface area contributed by atoms with Gasteiger partial charge in [0.1, 0.15) is 12.1 Å². The molecule has 3 aromatic rings. The minimum Gasteiger partial charge on any atom is -0.493 e. The highest BCUT2D eigenvalue weighted by Gasteiger charge is 2.24. The van der Waals surface area contributed by atoms with Crippen LogP contribution in [0.1, 0.15) is 0 Å². The van der Waals surface area contributed by atoms with Crippen molar-refractivity contribution in [2.75, 3.05) is 52.5 Å². The van der Waals surface area contributed by atoms with Crippen molar-refractivity contribution in [3.63, 3.8) is 0 Å². The summed E-state index contributed by atoms with van der Waals surface area (Å²) < 4.78 is 16.7. The molecule has 0 unspecified atom stereocenters. The first-order chi connectivity index (χ1) is 15.5. The van der Waals surface area contributed by atoms with E-state index in [1.54, 1.807) is 50.6 Å². The maximum atomic E-state index is 12.1. The van der Waals surface area contributed by atoms with Gasteiger partial charge >= 0.3 is 6.03 Å². The highest BCUT2D eigenvalue weighted by atomic mass is 16.5. The van der Waals surface area contributed by atoms with E-state index in [4.69, 9.17) is 19.9 Å². The van der Waals surface area contributed by atoms with E-state index in [0.29, 0.717) is 39.7 Å². The van der Waals surface area contributed by atoms with E-state index in [9.17, 15) is 4.79 Å². The van der Waals surface area contributed by atoms with Crippen molar-refractivity contribution >= 4 is 22.6 Å². The molecule has 0 radical (unpaired) electrons. The number of likely N-dealkylation sites (N-methyl/N-ethyl adjacent to an activating group) is 1. The first kappa shape index (κ1) is 21.6. The van der Waals surface area contributed by atoms with Gasteiger partial charge in [-0.05, 0) is 37.4 Å². The fraction of sp³-hybridized carbons (Fsp3) is 0.318. The molecule has 10 nitrogen and oxygen atoms in total. The second-order valence-electron chi connectivity index (χ2n) is 7.41. The summed E-state index contributed by atoms with van der Waals surface area (Å²) in [6.45, 7) is 3.16. The van der Waals surface area contributed by atoms with Crippen LogP contribution in [-0.2, 0) is 0 Å². The van der Waals surface area contributed by atoms with Crippen LogP contribution in [0.25, 0.3) is 10.9 Å². The summed E-state index contributed by atoms with van der Waals surface area (Å²) in [5.74, 6) is 2.07. The summed E-state index contributed by atoms with van der Waals surface area (Å²) in [5.41, 5.74) is 7.01. The maximum Gasteiger partial charge on any atom is 0.334 e. The molecule has 0 aliphatic carbocycles. The van der Waals surface area contributed by atoms with Gasteiger partial charge in [0.2, 0.25) is 5.88 Å². The zero-order valence-corrected chi connectivity index (χ0v) is 18.3. The van der Waals surface area contributed by atoms with Gasteiger partial charge in [0.05, 0.1) is 30.8 Å². The summed E-state index contributed by atoms with van der Waals surface area (Å²) in [5, 5.41) is 4.15. The number of ether oxygens (including phenoxy) is 3. The normalized spacial score (nSPS) is 14.8. The zero-order valence-electron chi connectivity index (χ0n) is 18.3. The Balaban J connectivity index is 1.58. The van der Waals surface area contributed by atoms with Crippen molar-refractivity contribution in [3.8, 4) is 23.1 Å². The second kappa shape index (κ2) is 9.25. The van der Waals surface area contributed by atoms with Gasteiger partial charge in [-0.3, -0.25) is 0 Å². The molecule has 1 saturated heterocycles. The Morgan fingerprint density at radius 3 is 2.28 bits per heavy atom. The summed E-state index contributed by atoms with van der Waals surface area (Å²) in [6, 6.07) is 10.2. The van der Waals surface area contributed by atoms with Gasteiger partial charge in [-0.15, -0.1) is 0 Å². The van der Waals surface area contributed by atoms with Gasteiger partial charge in [-0.1, -0.05) is 0 Å². The number of methoxy groups -OCH3 is 2. The average molecular weight is 438 g/mol. The SMILES string of the molecule is COc1cc2ncnc(Oc3ccc(N(C(N)=O)N4CCN(C)CC4)cc3)c2cc1OC. The van der Waals surface area contributed by atoms with Crippen molar-refractivity contribution in [2.24, 2.45) is 5.73 Å². The lowest BCUT2D eigenvalue weighted by Gasteiger charge is -2.39. The highest BCUT2D eigenvalue weighted by molar-refractivity contribution is 5.90. The van der Waals surface area contributed by atoms with Gasteiger partial charge in [0.15, 0.2) is 11.5 Å². The molecular weight excluding hydrogens is 412 g/mol. The van der Waals surface area contributed by atoms with E-state index in [1.165, 1.54) is 11.3 Å². The molecule has 32 heavy (non-hydrogen) atoms. The molecule has 10 heteroatoms. The number of primary amides is 1. The van der Waals surface area contributed by atoms with Crippen molar-refractivity contribution in [2.45, 2.75) is 0 Å². The molecule has 0 atom stereocenters. The van der Waals surface area contributed by atoms with Crippen LogP contribution in [0.4, 0.5) is 10.5 Å². The van der Waals surface area contributed by atoms with Gasteiger partial charge < -0.3 is 24.8 Å². The van der Waals surface area contributed by atoms with E-state index in [0.717, 1.165) is 26.2 Å². The lowest BCUT2D eigenvalue weighted by molar-refractivity contribution is 0.145. The number of nitrogens with zero attached hydrogens (tertiary/aromatic N) is 5. The van der Waals surface area contributed by atoms with Crippen LogP contribution in [0, 0.1) is 0 Å². The Morgan fingerprint density at radius 1 is 1.00 bits per heavy atom. The number of hydrazine groups is 1. The quantitative estimate of drug-likeness (QED) is 0.626. The molecule has 1 aliphatic rings. The van der Waals surface area contributed by atoms with E-state index >= 15 is 0 Å². The molecular formula is C22H26N6O4. The van der Waals surface area contributed by atoms with Crippen LogP contribution in [0.15, 0.2) is 42.7 Å². The van der Waals surface area contributed by atoms with Crippen molar-refractivity contribution in [1.82, 2.24) is 19.9 Å². The lowest BCUT2D eigenvalue weighted by Crippen LogP contribution is -2.56. The van der Waals surface area contributed by atoms with Crippen LogP contribution < -0.4 is 25.0 Å². The first-order valence-electron chi connectivity index (χ1n) is 10.2. The molecule has 2 heterocycles. The second-order valence-corrected chi connectivity index (χ2v) is 7.41. The number of fused-ring (bicyclic) bond motifs is 1. The first-order valence-corrected chi connectivity index (χ1v) is 10.2. The summed E-state index contributed by atoms with van der Waals surface area (Å²) >= 11 is 0. The van der Waals surface area contributed by atoms with Crippen LogP contribution in [0.3, 0.4) is 0 Å². The fourth-order valence-electron chi connectivity index (χ4n) is 3.63. The number of anilines is 1. The van der Waals surface area contributed by atoms with Crippen molar-refractivity contribution in [1.29, 1.82) is 0 Å². The van der Waals surface area contributed by atoms with Crippen LogP contribution in [-0.4, -0.2) is 73.4 Å². The summed E-state index contributed by atoms with van der Waals surface area (Å²) in [6.07, 6.45) is 1.43. The lowest BCUT2D eigenvalue weighted by atomic mass is 10.2. The summed E-state index contributed by atoms with van der Waals surface area (Å²) in [7, 11) is 5.19. The van der Waals surface area contributed by atoms with Crippen LogP contribution in [0.2, 0.25) is 0 Å². The van der Waals surface area contributed by atoms with E-state index in [-0.39, 0.29) is 0 Å². The zero-order chi connectivity index (χ0) is 22.7. The number of rotatable bonds is 6. The smallest absolute Gasteiger partial charge is 0.334 e. The number of hydrogen-bond acceptors (Lipinski definition) is 8. The maximum absolute atomic E-state index is 12.1. The molecule has 2 amide bonds. The molecule has 4 rings (SSSR count). The van der Waals surface area contributed by atoms with Gasteiger partial charge in [0, 0.05) is 32.2 Å².